The van der Waals surface area contributed by atoms with Gasteiger partial charge in [-0.3, -0.25) is 9.59 Å². The number of morpholine rings is 1. The third-order valence-corrected chi connectivity index (χ3v) is 6.54. The van der Waals surface area contributed by atoms with Crippen LogP contribution in [0.5, 0.6) is 5.75 Å². The Kier molecular flexibility index (Phi) is 7.24. The summed E-state index contributed by atoms with van der Waals surface area (Å²) in [6.07, 6.45) is 0. The molecule has 0 aromatic heterocycles. The van der Waals surface area contributed by atoms with Gasteiger partial charge in [-0.2, -0.15) is 0 Å². The van der Waals surface area contributed by atoms with Crippen molar-refractivity contribution >= 4 is 40.7 Å². The van der Waals surface area contributed by atoms with Crippen LogP contribution in [0.4, 0.5) is 0 Å². The van der Waals surface area contributed by atoms with E-state index in [0.717, 1.165) is 13.1 Å². The van der Waals surface area contributed by atoms with Crippen LogP contribution in [-0.2, 0) is 14.3 Å². The Morgan fingerprint density at radius 3 is 2.61 bits per heavy atom. The molecule has 2 fully saturated rings. The van der Waals surface area contributed by atoms with Crippen LogP contribution in [0.1, 0.15) is 17.2 Å². The van der Waals surface area contributed by atoms with Crippen LogP contribution < -0.4 is 14.7 Å². The largest absolute Gasteiger partial charge is 0.872 e. The average molecular weight is 491 g/mol. The lowest BCUT2D eigenvalue weighted by Gasteiger charge is -2.30. The second-order valence-corrected chi connectivity index (χ2v) is 8.83. The lowest BCUT2D eigenvalue weighted by molar-refractivity contribution is -0.907. The number of Topliss-reactive ketones (excluding diaryl/α,β-unsaturated/α-hetero) is 1. The van der Waals surface area contributed by atoms with Gasteiger partial charge >= 0.3 is 0 Å². The molecule has 2 aliphatic rings. The van der Waals surface area contributed by atoms with E-state index in [2.05, 4.69) is 0 Å². The summed E-state index contributed by atoms with van der Waals surface area (Å²) in [6.45, 7) is 3.96. The standard InChI is InChI=1S/C24H24Cl2N2O5/c1-32-19-6-5-16(14-18(19)26)22(29)20-21(15-3-2-4-17(25)13-15)28(24(31)23(20)30)8-7-27-9-11-33-12-10-27/h2-6,13-14,21,29H,7-12H2,1H3/b22-20+. The Morgan fingerprint density at radius 2 is 1.94 bits per heavy atom. The first kappa shape index (κ1) is 23.6. The van der Waals surface area contributed by atoms with Gasteiger partial charge in [-0.1, -0.05) is 47.2 Å². The van der Waals surface area contributed by atoms with Gasteiger partial charge in [0, 0.05) is 10.6 Å². The van der Waals surface area contributed by atoms with Gasteiger partial charge in [0.2, 0.25) is 5.78 Å². The molecule has 4 rings (SSSR count). The molecule has 0 aliphatic carbocycles. The summed E-state index contributed by atoms with van der Waals surface area (Å²) in [5, 5.41) is 14.2. The molecular formula is C24H24Cl2N2O5. The van der Waals surface area contributed by atoms with Gasteiger partial charge < -0.3 is 24.4 Å². The Bertz CT molecular complexity index is 1100. The van der Waals surface area contributed by atoms with Gasteiger partial charge in [0.05, 0.1) is 44.5 Å². The molecule has 174 valence electrons. The average Bonchev–Trinajstić information content (AvgIpc) is 3.07. The molecule has 1 N–H and O–H groups in total. The molecule has 2 aromatic carbocycles. The van der Waals surface area contributed by atoms with Crippen LogP contribution in [-0.4, -0.2) is 63.1 Å². The number of hydrogen-bond donors (Lipinski definition) is 1. The van der Waals surface area contributed by atoms with E-state index < -0.39 is 23.5 Å². The number of likely N-dealkylation sites (tertiary alicyclic amines) is 1. The third-order valence-electron chi connectivity index (χ3n) is 6.01. The molecular weight excluding hydrogens is 467 g/mol. The minimum atomic E-state index is -0.822. The molecule has 1 atom stereocenters. The molecule has 2 heterocycles. The van der Waals surface area contributed by atoms with Crippen molar-refractivity contribution in [3.8, 4) is 5.75 Å². The molecule has 7 nitrogen and oxygen atoms in total. The van der Waals surface area contributed by atoms with E-state index in [0.29, 0.717) is 42.6 Å². The van der Waals surface area contributed by atoms with Crippen molar-refractivity contribution in [2.24, 2.45) is 0 Å². The molecule has 0 radical (unpaired) electrons. The second-order valence-electron chi connectivity index (χ2n) is 7.99. The smallest absolute Gasteiger partial charge is 0.295 e. The summed E-state index contributed by atoms with van der Waals surface area (Å²) < 4.78 is 10.5. The maximum absolute atomic E-state index is 13.5. The van der Waals surface area contributed by atoms with E-state index in [-0.39, 0.29) is 16.2 Å². The van der Waals surface area contributed by atoms with Crippen molar-refractivity contribution in [3.63, 3.8) is 0 Å². The highest BCUT2D eigenvalue weighted by Crippen LogP contribution is 2.39. The quantitative estimate of drug-likeness (QED) is 0.373. The highest BCUT2D eigenvalue weighted by Gasteiger charge is 2.44. The molecule has 0 saturated carbocycles. The molecule has 9 heteroatoms. The molecule has 1 amide bonds. The normalized spacial score (nSPS) is 20.9. The minimum absolute atomic E-state index is 0.0968. The Morgan fingerprint density at radius 1 is 1.18 bits per heavy atom. The molecule has 0 spiro atoms. The van der Waals surface area contributed by atoms with E-state index >= 15 is 0 Å². The number of halogens is 2. The summed E-state index contributed by atoms with van der Waals surface area (Å²) in [5.74, 6) is -1.61. The van der Waals surface area contributed by atoms with Crippen LogP contribution in [0, 0.1) is 0 Å². The summed E-state index contributed by atoms with van der Waals surface area (Å²) in [5.41, 5.74) is 0.728. The van der Waals surface area contributed by atoms with Gasteiger partial charge in [-0.15, -0.1) is 0 Å². The first-order valence-corrected chi connectivity index (χ1v) is 11.4. The van der Waals surface area contributed by atoms with E-state index in [1.807, 2.05) is 0 Å². The molecule has 2 saturated heterocycles. The number of rotatable bonds is 6. The minimum Gasteiger partial charge on any atom is -0.872 e. The summed E-state index contributed by atoms with van der Waals surface area (Å²) in [7, 11) is 1.47. The van der Waals surface area contributed by atoms with Crippen LogP contribution in [0.25, 0.3) is 5.76 Å². The molecule has 0 bridgehead atoms. The zero-order valence-electron chi connectivity index (χ0n) is 18.1. The van der Waals surface area contributed by atoms with E-state index in [1.165, 1.54) is 29.0 Å². The van der Waals surface area contributed by atoms with Crippen molar-refractivity contribution in [1.29, 1.82) is 0 Å². The number of methoxy groups -OCH3 is 1. The van der Waals surface area contributed by atoms with Crippen LogP contribution in [0.3, 0.4) is 0 Å². The van der Waals surface area contributed by atoms with Crippen LogP contribution in [0.15, 0.2) is 48.0 Å². The fourth-order valence-corrected chi connectivity index (χ4v) is 4.73. The van der Waals surface area contributed by atoms with Gasteiger partial charge in [0.25, 0.3) is 5.91 Å². The number of nitrogens with one attached hydrogen (secondary N) is 1. The lowest BCUT2D eigenvalue weighted by Crippen LogP contribution is -3.14. The number of amides is 1. The fourth-order valence-electron chi connectivity index (χ4n) is 4.28. The summed E-state index contributed by atoms with van der Waals surface area (Å²) in [4.78, 5) is 28.9. The predicted molar refractivity (Wildman–Crippen MR) is 122 cm³/mol. The Hall–Kier alpha value is -2.58. The summed E-state index contributed by atoms with van der Waals surface area (Å²) in [6, 6.07) is 10.6. The van der Waals surface area contributed by atoms with Crippen molar-refractivity contribution in [2.75, 3.05) is 46.5 Å². The van der Waals surface area contributed by atoms with E-state index in [1.54, 1.807) is 30.3 Å². The number of benzene rings is 2. The Labute approximate surface area is 202 Å². The molecule has 1 unspecified atom stereocenters. The van der Waals surface area contributed by atoms with Crippen molar-refractivity contribution in [1.82, 2.24) is 4.90 Å². The van der Waals surface area contributed by atoms with Crippen molar-refractivity contribution in [3.05, 3.63) is 69.2 Å². The van der Waals surface area contributed by atoms with Gasteiger partial charge in [0.15, 0.2) is 0 Å². The number of hydrogen-bond acceptors (Lipinski definition) is 5. The molecule has 33 heavy (non-hydrogen) atoms. The second kappa shape index (κ2) is 10.1. The number of ether oxygens (including phenoxy) is 2. The Balaban J connectivity index is 1.75. The lowest BCUT2D eigenvalue weighted by atomic mass is 9.95. The van der Waals surface area contributed by atoms with E-state index in [9.17, 15) is 14.7 Å². The third kappa shape index (κ3) is 4.87. The number of nitrogens with zero attached hydrogens (tertiary/aromatic N) is 1. The van der Waals surface area contributed by atoms with Gasteiger partial charge in [0.1, 0.15) is 18.8 Å². The van der Waals surface area contributed by atoms with Crippen LogP contribution in [0.2, 0.25) is 10.0 Å². The van der Waals surface area contributed by atoms with Crippen molar-refractivity contribution < 1.29 is 29.1 Å². The number of carbonyl (C=O) groups excluding carboxylic acids is 2. The fraction of sp³-hybridized carbons (Fsp3) is 0.333. The maximum Gasteiger partial charge on any atom is 0.295 e. The van der Waals surface area contributed by atoms with E-state index in [4.69, 9.17) is 32.7 Å². The monoisotopic (exact) mass is 490 g/mol. The van der Waals surface area contributed by atoms with Crippen molar-refractivity contribution in [2.45, 2.75) is 6.04 Å². The zero-order valence-corrected chi connectivity index (χ0v) is 19.6. The highest BCUT2D eigenvalue weighted by molar-refractivity contribution is 6.46. The van der Waals surface area contributed by atoms with Crippen LogP contribution >= 0.6 is 23.2 Å². The SMILES string of the molecule is COc1ccc(/C([O-])=C2\C(=O)C(=O)N(CC[NH+]3CCOCC3)C2c2cccc(Cl)c2)cc1Cl. The topological polar surface area (TPSA) is 83.3 Å². The highest BCUT2D eigenvalue weighted by atomic mass is 35.5. The zero-order chi connectivity index (χ0) is 23.5. The summed E-state index contributed by atoms with van der Waals surface area (Å²) >= 11 is 12.4. The molecule has 2 aromatic rings. The first-order valence-electron chi connectivity index (χ1n) is 10.7. The van der Waals surface area contributed by atoms with Gasteiger partial charge in [-0.25, -0.2) is 0 Å². The number of carbonyl (C=O) groups is 2. The number of ketones is 1. The molecule has 2 aliphatic heterocycles. The predicted octanol–water partition coefficient (Wildman–Crippen LogP) is 1.14. The maximum atomic E-state index is 13.5. The van der Waals surface area contributed by atoms with Gasteiger partial charge in [-0.05, 0) is 35.4 Å². The first-order chi connectivity index (χ1) is 15.9. The number of quaternary nitrogens is 1.